The van der Waals surface area contributed by atoms with Crippen molar-refractivity contribution in [3.05, 3.63) is 42.1 Å². The van der Waals surface area contributed by atoms with Gasteiger partial charge >= 0.3 is 0 Å². The highest BCUT2D eigenvalue weighted by molar-refractivity contribution is 7.90. The van der Waals surface area contributed by atoms with Gasteiger partial charge in [0.25, 0.3) is 0 Å². The number of nitrogens with two attached hydrogens (primary N) is 1. The van der Waals surface area contributed by atoms with Crippen LogP contribution in [-0.4, -0.2) is 38.4 Å². The highest BCUT2D eigenvalue weighted by Gasteiger charge is 2.21. The lowest BCUT2D eigenvalue weighted by molar-refractivity contribution is 0.101. The molecule has 0 aliphatic carbocycles. The number of nitrogens with zero attached hydrogens (tertiary/aromatic N) is 1. The van der Waals surface area contributed by atoms with E-state index in [1.165, 1.54) is 7.11 Å². The molecule has 1 aromatic carbocycles. The van der Waals surface area contributed by atoms with Gasteiger partial charge in [0.05, 0.1) is 23.1 Å². The van der Waals surface area contributed by atoms with Crippen LogP contribution >= 0.6 is 24.8 Å². The molecule has 2 atom stereocenters. The number of ether oxygens (including phenoxy) is 1. The van der Waals surface area contributed by atoms with Crippen molar-refractivity contribution in [3.63, 3.8) is 0 Å². The van der Waals surface area contributed by atoms with Crippen molar-refractivity contribution < 1.29 is 13.2 Å². The molecule has 0 amide bonds. The molecule has 0 aliphatic heterocycles. The number of methoxy groups -OCH3 is 1. The molecule has 0 fully saturated rings. The first-order valence-corrected chi connectivity index (χ1v) is 8.56. The lowest BCUT2D eigenvalue weighted by Crippen LogP contribution is -2.40. The maximum Gasteiger partial charge on any atom is 0.156 e. The van der Waals surface area contributed by atoms with E-state index in [1.807, 2.05) is 30.3 Å². The molecule has 2 rings (SSSR count). The van der Waals surface area contributed by atoms with E-state index in [-0.39, 0.29) is 42.4 Å². The largest absolute Gasteiger partial charge is 0.380 e. The summed E-state index contributed by atoms with van der Waals surface area (Å²) >= 11 is 0. The fraction of sp³-hybridized carbons (Fsp3) is 0.400. The second-order valence-corrected chi connectivity index (χ2v) is 7.30. The molecule has 0 saturated carbocycles. The monoisotopic (exact) mass is 380 g/mol. The van der Waals surface area contributed by atoms with Gasteiger partial charge in [0, 0.05) is 24.7 Å². The van der Waals surface area contributed by atoms with Gasteiger partial charge in [-0.15, -0.1) is 24.8 Å². The summed E-state index contributed by atoms with van der Waals surface area (Å²) in [5.74, 6) is -0.163. The smallest absolute Gasteiger partial charge is 0.156 e. The lowest BCUT2D eigenvalue weighted by Gasteiger charge is -2.18. The average Bonchev–Trinajstić information content (AvgIpc) is 2.45. The van der Waals surface area contributed by atoms with E-state index in [9.17, 15) is 8.42 Å². The van der Waals surface area contributed by atoms with Crippen LogP contribution in [0.25, 0.3) is 10.9 Å². The van der Waals surface area contributed by atoms with Crippen LogP contribution in [0, 0.1) is 0 Å². The Labute approximate surface area is 149 Å². The van der Waals surface area contributed by atoms with Crippen molar-refractivity contribution in [2.24, 2.45) is 5.73 Å². The van der Waals surface area contributed by atoms with Gasteiger partial charge in [0.15, 0.2) is 9.84 Å². The summed E-state index contributed by atoms with van der Waals surface area (Å²) in [4.78, 5) is 4.28. The zero-order chi connectivity index (χ0) is 15.5. The molecule has 5 nitrogen and oxygen atoms in total. The van der Waals surface area contributed by atoms with Crippen molar-refractivity contribution >= 4 is 45.6 Å². The second-order valence-electron chi connectivity index (χ2n) is 5.20. The SMILES string of the molecule is CO[C@H](C)[C@H](N)CS(=O)(=O)Cc1cnc2ccccc2c1.Cl.Cl. The van der Waals surface area contributed by atoms with Gasteiger partial charge in [-0.05, 0) is 24.6 Å². The van der Waals surface area contributed by atoms with Gasteiger partial charge in [-0.1, -0.05) is 18.2 Å². The molecule has 0 saturated heterocycles. The minimum Gasteiger partial charge on any atom is -0.380 e. The Bertz CT molecular complexity index is 725. The number of benzene rings is 1. The number of para-hydroxylation sites is 1. The summed E-state index contributed by atoms with van der Waals surface area (Å²) in [6, 6.07) is 8.93. The maximum atomic E-state index is 12.2. The van der Waals surface area contributed by atoms with Crippen LogP contribution in [0.1, 0.15) is 12.5 Å². The Morgan fingerprint density at radius 3 is 2.57 bits per heavy atom. The lowest BCUT2D eigenvalue weighted by atomic mass is 10.2. The van der Waals surface area contributed by atoms with E-state index in [0.29, 0.717) is 5.56 Å². The van der Waals surface area contributed by atoms with Crippen molar-refractivity contribution in [2.45, 2.75) is 24.8 Å². The van der Waals surface area contributed by atoms with Gasteiger partial charge < -0.3 is 10.5 Å². The Morgan fingerprint density at radius 2 is 1.91 bits per heavy atom. The average molecular weight is 381 g/mol. The van der Waals surface area contributed by atoms with Crippen LogP contribution in [0.3, 0.4) is 0 Å². The fourth-order valence-corrected chi connectivity index (χ4v) is 3.75. The number of rotatable bonds is 6. The summed E-state index contributed by atoms with van der Waals surface area (Å²) in [5.41, 5.74) is 7.36. The van der Waals surface area contributed by atoms with Gasteiger partial charge in [0.1, 0.15) is 0 Å². The molecule has 0 spiro atoms. The van der Waals surface area contributed by atoms with E-state index < -0.39 is 15.9 Å². The molecule has 0 bridgehead atoms. The van der Waals surface area contributed by atoms with E-state index in [0.717, 1.165) is 10.9 Å². The predicted molar refractivity (Wildman–Crippen MR) is 98.2 cm³/mol. The molecular formula is C15H22Cl2N2O3S. The molecule has 23 heavy (non-hydrogen) atoms. The third-order valence-corrected chi connectivity index (χ3v) is 5.12. The Morgan fingerprint density at radius 1 is 1.26 bits per heavy atom. The van der Waals surface area contributed by atoms with Gasteiger partial charge in [-0.2, -0.15) is 0 Å². The topological polar surface area (TPSA) is 82.3 Å². The first kappa shape index (κ1) is 22.1. The quantitative estimate of drug-likeness (QED) is 0.831. The summed E-state index contributed by atoms with van der Waals surface area (Å²) in [6.45, 7) is 1.76. The van der Waals surface area contributed by atoms with Crippen LogP contribution < -0.4 is 5.73 Å². The molecule has 2 aromatic rings. The standard InChI is InChI=1S/C15H20N2O3S.2ClH/c1-11(20-2)14(16)10-21(18,19)9-12-7-13-5-3-4-6-15(13)17-8-12;;/h3-8,11,14H,9-10,16H2,1-2H3;2*1H/t11-,14-;;/m1../s1. The van der Waals surface area contributed by atoms with Crippen LogP contribution in [0.5, 0.6) is 0 Å². The van der Waals surface area contributed by atoms with Gasteiger partial charge in [-0.25, -0.2) is 8.42 Å². The number of hydrogen-bond donors (Lipinski definition) is 1. The summed E-state index contributed by atoms with van der Waals surface area (Å²) < 4.78 is 29.5. The molecule has 8 heteroatoms. The van der Waals surface area contributed by atoms with Crippen LogP contribution in [0.15, 0.2) is 36.5 Å². The van der Waals surface area contributed by atoms with E-state index >= 15 is 0 Å². The minimum atomic E-state index is -3.30. The zero-order valence-corrected chi connectivity index (χ0v) is 15.5. The molecule has 0 unspecified atom stereocenters. The molecule has 1 heterocycles. The maximum absolute atomic E-state index is 12.2. The highest BCUT2D eigenvalue weighted by atomic mass is 35.5. The van der Waals surface area contributed by atoms with Gasteiger partial charge in [0.2, 0.25) is 0 Å². The molecular weight excluding hydrogens is 359 g/mol. The second kappa shape index (κ2) is 9.39. The van der Waals surface area contributed by atoms with Crippen LogP contribution in [0.2, 0.25) is 0 Å². The van der Waals surface area contributed by atoms with Crippen LogP contribution in [0.4, 0.5) is 0 Å². The fourth-order valence-electron chi connectivity index (χ4n) is 2.11. The Kier molecular flexibility index (Phi) is 9.02. The normalized spacial score (nSPS) is 13.7. The Hall–Kier alpha value is -0.920. The third kappa shape index (κ3) is 6.24. The van der Waals surface area contributed by atoms with Crippen LogP contribution in [-0.2, 0) is 20.3 Å². The number of fused-ring (bicyclic) bond motifs is 1. The van der Waals surface area contributed by atoms with Crippen molar-refractivity contribution in [1.29, 1.82) is 0 Å². The Balaban J connectivity index is 0.00000242. The third-order valence-electron chi connectivity index (χ3n) is 3.45. The number of pyridine rings is 1. The predicted octanol–water partition coefficient (Wildman–Crippen LogP) is 2.36. The molecule has 2 N–H and O–H groups in total. The number of sulfone groups is 1. The molecule has 0 aliphatic rings. The van der Waals surface area contributed by atoms with Crippen molar-refractivity contribution in [3.8, 4) is 0 Å². The molecule has 0 radical (unpaired) electrons. The number of hydrogen-bond acceptors (Lipinski definition) is 5. The minimum absolute atomic E-state index is 0. The van der Waals surface area contributed by atoms with Gasteiger partial charge in [-0.3, -0.25) is 4.98 Å². The summed E-state index contributed by atoms with van der Waals surface area (Å²) in [5, 5.41) is 0.930. The summed E-state index contributed by atoms with van der Waals surface area (Å²) in [7, 11) is -1.78. The summed E-state index contributed by atoms with van der Waals surface area (Å²) in [6.07, 6.45) is 1.31. The van der Waals surface area contributed by atoms with E-state index in [1.54, 1.807) is 13.1 Å². The first-order chi connectivity index (χ1) is 9.91. The molecule has 1 aromatic heterocycles. The van der Waals surface area contributed by atoms with Crippen molar-refractivity contribution in [1.82, 2.24) is 4.98 Å². The number of halogens is 2. The van der Waals surface area contributed by atoms with Crippen molar-refractivity contribution in [2.75, 3.05) is 12.9 Å². The number of aromatic nitrogens is 1. The first-order valence-electron chi connectivity index (χ1n) is 6.74. The highest BCUT2D eigenvalue weighted by Crippen LogP contribution is 2.15. The van der Waals surface area contributed by atoms with E-state index in [4.69, 9.17) is 10.5 Å². The molecule has 130 valence electrons. The zero-order valence-electron chi connectivity index (χ0n) is 13.0. The van der Waals surface area contributed by atoms with E-state index in [2.05, 4.69) is 4.98 Å².